The minimum atomic E-state index is -0.582. The van der Waals surface area contributed by atoms with E-state index in [-0.39, 0.29) is 11.8 Å². The minimum absolute atomic E-state index is 0.200. The van der Waals surface area contributed by atoms with Crippen molar-refractivity contribution in [3.8, 4) is 0 Å². The molecule has 18 heavy (non-hydrogen) atoms. The lowest BCUT2D eigenvalue weighted by Crippen LogP contribution is -2.45. The van der Waals surface area contributed by atoms with Crippen LogP contribution in [0, 0.1) is 0 Å². The monoisotopic (exact) mass is 250 g/mol. The van der Waals surface area contributed by atoms with Crippen LogP contribution in [-0.4, -0.2) is 29.4 Å². The molecule has 0 saturated carbocycles. The molecule has 0 bridgehead atoms. The fraction of sp³-hybridized carbons (Fsp3) is 0.417. The lowest BCUT2D eigenvalue weighted by molar-refractivity contribution is -0.122. The molecule has 0 aliphatic heterocycles. The SMILES string of the molecule is CCCNC(=O)C(C)NC(=O)c1ccc(N)nc1. The Labute approximate surface area is 106 Å². The first-order valence-corrected chi connectivity index (χ1v) is 5.84. The molecule has 0 aromatic carbocycles. The molecule has 1 heterocycles. The average Bonchev–Trinajstić information content (AvgIpc) is 2.36. The molecular weight excluding hydrogens is 232 g/mol. The highest BCUT2D eigenvalue weighted by molar-refractivity contribution is 5.97. The van der Waals surface area contributed by atoms with Gasteiger partial charge in [-0.1, -0.05) is 6.92 Å². The van der Waals surface area contributed by atoms with Gasteiger partial charge >= 0.3 is 0 Å². The molecule has 6 nitrogen and oxygen atoms in total. The molecule has 1 atom stereocenters. The maximum absolute atomic E-state index is 11.8. The molecule has 6 heteroatoms. The van der Waals surface area contributed by atoms with Crippen LogP contribution < -0.4 is 16.4 Å². The van der Waals surface area contributed by atoms with Gasteiger partial charge in [0.05, 0.1) is 5.56 Å². The Balaban J connectivity index is 2.53. The Morgan fingerprint density at radius 2 is 2.17 bits per heavy atom. The van der Waals surface area contributed by atoms with Crippen LogP contribution in [-0.2, 0) is 4.79 Å². The molecule has 1 aromatic heterocycles. The molecule has 0 fully saturated rings. The van der Waals surface area contributed by atoms with E-state index in [2.05, 4.69) is 15.6 Å². The van der Waals surface area contributed by atoms with Crippen molar-refractivity contribution in [1.82, 2.24) is 15.6 Å². The maximum atomic E-state index is 11.8. The Hall–Kier alpha value is -2.11. The summed E-state index contributed by atoms with van der Waals surface area (Å²) in [5.41, 5.74) is 5.80. The van der Waals surface area contributed by atoms with Crippen LogP contribution in [0.5, 0.6) is 0 Å². The van der Waals surface area contributed by atoms with E-state index in [9.17, 15) is 9.59 Å². The lowest BCUT2D eigenvalue weighted by atomic mass is 10.2. The summed E-state index contributed by atoms with van der Waals surface area (Å²) in [6.45, 7) is 4.19. The number of nitrogens with zero attached hydrogens (tertiary/aromatic N) is 1. The molecule has 2 amide bonds. The second-order valence-electron chi connectivity index (χ2n) is 3.96. The van der Waals surface area contributed by atoms with Crippen molar-refractivity contribution < 1.29 is 9.59 Å². The molecule has 0 aliphatic carbocycles. The fourth-order valence-electron chi connectivity index (χ4n) is 1.29. The van der Waals surface area contributed by atoms with E-state index in [4.69, 9.17) is 5.73 Å². The van der Waals surface area contributed by atoms with E-state index in [0.29, 0.717) is 17.9 Å². The van der Waals surface area contributed by atoms with Crippen molar-refractivity contribution >= 4 is 17.6 Å². The predicted octanol–water partition coefficient (Wildman–Crippen LogP) is 0.308. The number of nitrogen functional groups attached to an aromatic ring is 1. The summed E-state index contributed by atoms with van der Waals surface area (Å²) in [6.07, 6.45) is 2.23. The van der Waals surface area contributed by atoms with Crippen LogP contribution in [0.2, 0.25) is 0 Å². The van der Waals surface area contributed by atoms with Crippen LogP contribution in [0.15, 0.2) is 18.3 Å². The number of nitrogens with two attached hydrogens (primary N) is 1. The van der Waals surface area contributed by atoms with Gasteiger partial charge in [0, 0.05) is 12.7 Å². The summed E-state index contributed by atoms with van der Waals surface area (Å²) < 4.78 is 0. The van der Waals surface area contributed by atoms with E-state index in [1.165, 1.54) is 12.3 Å². The largest absolute Gasteiger partial charge is 0.384 e. The Morgan fingerprint density at radius 3 is 2.72 bits per heavy atom. The van der Waals surface area contributed by atoms with Crippen molar-refractivity contribution in [1.29, 1.82) is 0 Å². The van der Waals surface area contributed by atoms with Gasteiger partial charge in [0.25, 0.3) is 5.91 Å². The number of anilines is 1. The van der Waals surface area contributed by atoms with Crippen LogP contribution in [0.1, 0.15) is 30.6 Å². The van der Waals surface area contributed by atoms with Gasteiger partial charge < -0.3 is 16.4 Å². The normalized spacial score (nSPS) is 11.7. The van der Waals surface area contributed by atoms with Gasteiger partial charge in [0.1, 0.15) is 11.9 Å². The van der Waals surface area contributed by atoms with Crippen LogP contribution in [0.25, 0.3) is 0 Å². The first-order valence-electron chi connectivity index (χ1n) is 5.84. The van der Waals surface area contributed by atoms with Crippen molar-refractivity contribution in [2.45, 2.75) is 26.3 Å². The third-order valence-electron chi connectivity index (χ3n) is 2.34. The molecule has 1 rings (SSSR count). The molecule has 0 spiro atoms. The third-order valence-corrected chi connectivity index (χ3v) is 2.34. The highest BCUT2D eigenvalue weighted by atomic mass is 16.2. The molecule has 1 unspecified atom stereocenters. The lowest BCUT2D eigenvalue weighted by Gasteiger charge is -2.13. The van der Waals surface area contributed by atoms with E-state index in [1.807, 2.05) is 6.92 Å². The van der Waals surface area contributed by atoms with Crippen LogP contribution in [0.3, 0.4) is 0 Å². The Morgan fingerprint density at radius 1 is 1.44 bits per heavy atom. The number of nitrogens with one attached hydrogen (secondary N) is 2. The van der Waals surface area contributed by atoms with E-state index >= 15 is 0 Å². The Bertz CT molecular complexity index is 417. The van der Waals surface area contributed by atoms with E-state index in [1.54, 1.807) is 13.0 Å². The molecule has 4 N–H and O–H groups in total. The molecular formula is C12H18N4O2. The highest BCUT2D eigenvalue weighted by Gasteiger charge is 2.15. The number of rotatable bonds is 5. The number of aromatic nitrogens is 1. The number of carbonyl (C=O) groups is 2. The van der Waals surface area contributed by atoms with Crippen LogP contribution in [0.4, 0.5) is 5.82 Å². The average molecular weight is 250 g/mol. The third kappa shape index (κ3) is 4.04. The fourth-order valence-corrected chi connectivity index (χ4v) is 1.29. The molecule has 0 radical (unpaired) electrons. The standard InChI is InChI=1S/C12H18N4O2/c1-3-6-14-11(17)8(2)16-12(18)9-4-5-10(13)15-7-9/h4-5,7-8H,3,6H2,1-2H3,(H2,13,15)(H,14,17)(H,16,18). The van der Waals surface area contributed by atoms with E-state index in [0.717, 1.165) is 6.42 Å². The highest BCUT2D eigenvalue weighted by Crippen LogP contribution is 2.01. The zero-order valence-corrected chi connectivity index (χ0v) is 10.6. The van der Waals surface area contributed by atoms with Crippen molar-refractivity contribution in [2.75, 3.05) is 12.3 Å². The van der Waals surface area contributed by atoms with Crippen LogP contribution >= 0.6 is 0 Å². The number of carbonyl (C=O) groups excluding carboxylic acids is 2. The van der Waals surface area contributed by atoms with Gasteiger partial charge in [-0.25, -0.2) is 4.98 Å². The molecule has 1 aromatic rings. The zero-order chi connectivity index (χ0) is 13.5. The number of hydrogen-bond donors (Lipinski definition) is 3. The summed E-state index contributed by atoms with van der Waals surface area (Å²) in [7, 11) is 0. The zero-order valence-electron chi connectivity index (χ0n) is 10.6. The second-order valence-corrected chi connectivity index (χ2v) is 3.96. The number of hydrogen-bond acceptors (Lipinski definition) is 4. The van der Waals surface area contributed by atoms with Crippen molar-refractivity contribution in [3.05, 3.63) is 23.9 Å². The summed E-state index contributed by atoms with van der Waals surface area (Å²) in [4.78, 5) is 27.2. The van der Waals surface area contributed by atoms with Crippen molar-refractivity contribution in [2.24, 2.45) is 0 Å². The molecule has 0 aliphatic rings. The first kappa shape index (κ1) is 14.0. The number of amides is 2. The molecule has 0 saturated heterocycles. The Kier molecular flexibility index (Phi) is 5.10. The van der Waals surface area contributed by atoms with Gasteiger partial charge in [-0.05, 0) is 25.5 Å². The first-order chi connectivity index (χ1) is 8.54. The smallest absolute Gasteiger partial charge is 0.253 e. The van der Waals surface area contributed by atoms with E-state index < -0.39 is 6.04 Å². The van der Waals surface area contributed by atoms with Gasteiger partial charge in [0.2, 0.25) is 5.91 Å². The maximum Gasteiger partial charge on any atom is 0.253 e. The van der Waals surface area contributed by atoms with Gasteiger partial charge in [0.15, 0.2) is 0 Å². The topological polar surface area (TPSA) is 97.1 Å². The van der Waals surface area contributed by atoms with Gasteiger partial charge in [-0.3, -0.25) is 9.59 Å². The summed E-state index contributed by atoms with van der Waals surface area (Å²) in [5.74, 6) is -0.199. The van der Waals surface area contributed by atoms with Gasteiger partial charge in [-0.15, -0.1) is 0 Å². The van der Waals surface area contributed by atoms with Gasteiger partial charge in [-0.2, -0.15) is 0 Å². The van der Waals surface area contributed by atoms with Crippen molar-refractivity contribution in [3.63, 3.8) is 0 Å². The summed E-state index contributed by atoms with van der Waals surface area (Å²) >= 11 is 0. The minimum Gasteiger partial charge on any atom is -0.384 e. The number of pyridine rings is 1. The molecule has 98 valence electrons. The predicted molar refractivity (Wildman–Crippen MR) is 68.9 cm³/mol. The summed E-state index contributed by atoms with van der Waals surface area (Å²) in [6, 6.07) is 2.52. The second kappa shape index (κ2) is 6.58. The summed E-state index contributed by atoms with van der Waals surface area (Å²) in [5, 5.41) is 5.30. The quantitative estimate of drug-likeness (QED) is 0.700.